The summed E-state index contributed by atoms with van der Waals surface area (Å²) in [5.74, 6) is -0.0749. The smallest absolute Gasteiger partial charge is 0.249 e. The molecule has 0 aromatic heterocycles. The van der Waals surface area contributed by atoms with Crippen LogP contribution in [-0.4, -0.2) is 31.3 Å². The lowest BCUT2D eigenvalue weighted by Crippen LogP contribution is -2.36. The van der Waals surface area contributed by atoms with Gasteiger partial charge in [-0.1, -0.05) is 24.3 Å². The van der Waals surface area contributed by atoms with E-state index in [0.29, 0.717) is 13.2 Å². The largest absolute Gasteiger partial charge is 0.376 e. The van der Waals surface area contributed by atoms with Crippen molar-refractivity contribution in [1.29, 1.82) is 0 Å². The van der Waals surface area contributed by atoms with Gasteiger partial charge in [0.05, 0.1) is 12.7 Å². The van der Waals surface area contributed by atoms with Crippen molar-refractivity contribution >= 4 is 5.91 Å². The molecular formula is C17H25NO3. The van der Waals surface area contributed by atoms with Gasteiger partial charge in [-0.3, -0.25) is 4.79 Å². The third-order valence-corrected chi connectivity index (χ3v) is 3.89. The van der Waals surface area contributed by atoms with E-state index in [4.69, 9.17) is 9.47 Å². The van der Waals surface area contributed by atoms with Gasteiger partial charge in [-0.15, -0.1) is 0 Å². The summed E-state index contributed by atoms with van der Waals surface area (Å²) < 4.78 is 11.2. The van der Waals surface area contributed by atoms with Crippen molar-refractivity contribution in [3.05, 3.63) is 35.4 Å². The normalized spacial score (nSPS) is 20.0. The number of amides is 1. The summed E-state index contributed by atoms with van der Waals surface area (Å²) in [6.07, 6.45) is 3.03. The SMILES string of the molecule is Cc1ccccc1CNC(=O)[C@@H](C)OC[C@@H]1CCCCO1. The zero-order chi connectivity index (χ0) is 15.1. The van der Waals surface area contributed by atoms with Crippen LogP contribution in [-0.2, 0) is 20.8 Å². The van der Waals surface area contributed by atoms with Gasteiger partial charge in [0.2, 0.25) is 5.91 Å². The summed E-state index contributed by atoms with van der Waals surface area (Å²) in [5.41, 5.74) is 2.32. The molecule has 4 heteroatoms. The standard InChI is InChI=1S/C17H25NO3/c1-13-7-3-4-8-15(13)11-18-17(19)14(2)21-12-16-9-5-6-10-20-16/h3-4,7-8,14,16H,5-6,9-12H2,1-2H3,(H,18,19)/t14-,16+/m1/s1. The van der Waals surface area contributed by atoms with Crippen LogP contribution < -0.4 is 5.32 Å². The second-order valence-electron chi connectivity index (χ2n) is 5.61. The van der Waals surface area contributed by atoms with Crippen LogP contribution in [0.15, 0.2) is 24.3 Å². The highest BCUT2D eigenvalue weighted by Gasteiger charge is 2.18. The molecule has 4 nitrogen and oxygen atoms in total. The zero-order valence-electron chi connectivity index (χ0n) is 12.9. The third kappa shape index (κ3) is 5.14. The van der Waals surface area contributed by atoms with E-state index < -0.39 is 6.10 Å². The van der Waals surface area contributed by atoms with Crippen molar-refractivity contribution in [3.63, 3.8) is 0 Å². The summed E-state index contributed by atoms with van der Waals surface area (Å²) in [6, 6.07) is 8.05. The van der Waals surface area contributed by atoms with Gasteiger partial charge in [0, 0.05) is 13.2 Å². The lowest BCUT2D eigenvalue weighted by Gasteiger charge is -2.24. The molecule has 1 aliphatic heterocycles. The molecule has 1 aromatic rings. The molecule has 21 heavy (non-hydrogen) atoms. The summed E-state index contributed by atoms with van der Waals surface area (Å²) in [6.45, 7) is 5.68. The van der Waals surface area contributed by atoms with Gasteiger partial charge in [-0.05, 0) is 44.2 Å². The van der Waals surface area contributed by atoms with Gasteiger partial charge in [0.1, 0.15) is 6.10 Å². The van der Waals surface area contributed by atoms with E-state index in [1.807, 2.05) is 31.2 Å². The Bertz CT molecular complexity index is 455. The van der Waals surface area contributed by atoms with E-state index in [2.05, 4.69) is 5.32 Å². The minimum Gasteiger partial charge on any atom is -0.376 e. The molecule has 1 amide bonds. The van der Waals surface area contributed by atoms with Crippen molar-refractivity contribution in [2.45, 2.75) is 51.9 Å². The maximum atomic E-state index is 12.0. The zero-order valence-corrected chi connectivity index (χ0v) is 12.9. The van der Waals surface area contributed by atoms with E-state index in [1.54, 1.807) is 6.92 Å². The molecule has 0 aliphatic carbocycles. The number of hydrogen-bond donors (Lipinski definition) is 1. The Morgan fingerprint density at radius 1 is 1.43 bits per heavy atom. The average Bonchev–Trinajstić information content (AvgIpc) is 2.52. The van der Waals surface area contributed by atoms with Crippen molar-refractivity contribution in [1.82, 2.24) is 5.32 Å². The molecule has 0 unspecified atom stereocenters. The fraction of sp³-hybridized carbons (Fsp3) is 0.588. The monoisotopic (exact) mass is 291 g/mol. The summed E-state index contributed by atoms with van der Waals surface area (Å²) in [7, 11) is 0. The van der Waals surface area contributed by atoms with E-state index >= 15 is 0 Å². The number of nitrogens with one attached hydrogen (secondary N) is 1. The molecule has 0 bridgehead atoms. The predicted octanol–water partition coefficient (Wildman–Crippen LogP) is 2.59. The number of carbonyl (C=O) groups is 1. The van der Waals surface area contributed by atoms with Crippen LogP contribution in [0.2, 0.25) is 0 Å². The Balaban J connectivity index is 1.71. The number of rotatable bonds is 6. The summed E-state index contributed by atoms with van der Waals surface area (Å²) in [4.78, 5) is 12.0. The predicted molar refractivity (Wildman–Crippen MR) is 82.0 cm³/mol. The molecule has 1 heterocycles. The first-order valence-corrected chi connectivity index (χ1v) is 7.72. The first kappa shape index (κ1) is 16.0. The first-order valence-electron chi connectivity index (χ1n) is 7.72. The molecule has 1 saturated heterocycles. The number of carbonyl (C=O) groups excluding carboxylic acids is 1. The van der Waals surface area contributed by atoms with Crippen LogP contribution in [0.1, 0.15) is 37.3 Å². The van der Waals surface area contributed by atoms with Crippen LogP contribution in [0.3, 0.4) is 0 Å². The van der Waals surface area contributed by atoms with Gasteiger partial charge < -0.3 is 14.8 Å². The van der Waals surface area contributed by atoms with Gasteiger partial charge >= 0.3 is 0 Å². The number of benzene rings is 1. The molecule has 116 valence electrons. The lowest BCUT2D eigenvalue weighted by atomic mass is 10.1. The van der Waals surface area contributed by atoms with E-state index in [1.165, 1.54) is 12.0 Å². The summed E-state index contributed by atoms with van der Waals surface area (Å²) >= 11 is 0. The quantitative estimate of drug-likeness (QED) is 0.876. The average molecular weight is 291 g/mol. The second kappa shape index (κ2) is 8.15. The van der Waals surface area contributed by atoms with Gasteiger partial charge in [0.15, 0.2) is 0 Å². The molecule has 1 aromatic carbocycles. The second-order valence-corrected chi connectivity index (χ2v) is 5.61. The Morgan fingerprint density at radius 2 is 2.24 bits per heavy atom. The molecule has 1 aliphatic rings. The van der Waals surface area contributed by atoms with Crippen LogP contribution in [0.25, 0.3) is 0 Å². The van der Waals surface area contributed by atoms with Gasteiger partial charge in [0.25, 0.3) is 0 Å². The summed E-state index contributed by atoms with van der Waals surface area (Å²) in [5, 5.41) is 2.92. The van der Waals surface area contributed by atoms with E-state index in [-0.39, 0.29) is 12.0 Å². The molecule has 1 N–H and O–H groups in total. The molecule has 0 radical (unpaired) electrons. The third-order valence-electron chi connectivity index (χ3n) is 3.89. The maximum Gasteiger partial charge on any atom is 0.249 e. The van der Waals surface area contributed by atoms with Gasteiger partial charge in [-0.2, -0.15) is 0 Å². The topological polar surface area (TPSA) is 47.6 Å². The maximum absolute atomic E-state index is 12.0. The molecule has 2 atom stereocenters. The molecular weight excluding hydrogens is 266 g/mol. The van der Waals surface area contributed by atoms with Crippen molar-refractivity contribution in [2.75, 3.05) is 13.2 Å². The Kier molecular flexibility index (Phi) is 6.21. The van der Waals surface area contributed by atoms with Crippen LogP contribution in [0.5, 0.6) is 0 Å². The van der Waals surface area contributed by atoms with E-state index in [9.17, 15) is 4.79 Å². The molecule has 1 fully saturated rings. The molecule has 0 saturated carbocycles. The Labute approximate surface area is 126 Å². The van der Waals surface area contributed by atoms with Crippen LogP contribution >= 0.6 is 0 Å². The van der Waals surface area contributed by atoms with Crippen LogP contribution in [0, 0.1) is 6.92 Å². The highest BCUT2D eigenvalue weighted by Crippen LogP contribution is 2.13. The van der Waals surface area contributed by atoms with Crippen molar-refractivity contribution < 1.29 is 14.3 Å². The first-order chi connectivity index (χ1) is 10.2. The minimum absolute atomic E-state index is 0.0749. The highest BCUT2D eigenvalue weighted by atomic mass is 16.5. The van der Waals surface area contributed by atoms with Crippen molar-refractivity contribution in [3.8, 4) is 0 Å². The number of ether oxygens (including phenoxy) is 2. The fourth-order valence-electron chi connectivity index (χ4n) is 2.40. The van der Waals surface area contributed by atoms with E-state index in [0.717, 1.165) is 25.0 Å². The van der Waals surface area contributed by atoms with Crippen LogP contribution in [0.4, 0.5) is 0 Å². The Morgan fingerprint density at radius 3 is 2.95 bits per heavy atom. The Hall–Kier alpha value is -1.39. The fourth-order valence-corrected chi connectivity index (χ4v) is 2.40. The number of hydrogen-bond acceptors (Lipinski definition) is 3. The lowest BCUT2D eigenvalue weighted by molar-refractivity contribution is -0.135. The molecule has 0 spiro atoms. The number of aryl methyl sites for hydroxylation is 1. The van der Waals surface area contributed by atoms with Crippen molar-refractivity contribution in [2.24, 2.45) is 0 Å². The highest BCUT2D eigenvalue weighted by molar-refractivity contribution is 5.80. The van der Waals surface area contributed by atoms with Gasteiger partial charge in [-0.25, -0.2) is 0 Å². The minimum atomic E-state index is -0.445. The molecule has 2 rings (SSSR count).